The number of benzene rings is 4. The first kappa shape index (κ1) is 18.4. The maximum atomic E-state index is 6.04. The van der Waals surface area contributed by atoms with Gasteiger partial charge >= 0.3 is 0 Å². The average molecular weight is 393 g/mol. The summed E-state index contributed by atoms with van der Waals surface area (Å²) in [6.07, 6.45) is 1.98. The zero-order valence-corrected chi connectivity index (χ0v) is 17.2. The van der Waals surface area contributed by atoms with Gasteiger partial charge < -0.3 is 4.74 Å². The molecule has 0 fully saturated rings. The predicted molar refractivity (Wildman–Crippen MR) is 121 cm³/mol. The van der Waals surface area contributed by atoms with Gasteiger partial charge in [-0.3, -0.25) is 0 Å². The first-order valence-electron chi connectivity index (χ1n) is 10.2. The molecule has 5 rings (SSSR count). The molecule has 0 unspecified atom stereocenters. The van der Waals surface area contributed by atoms with Crippen molar-refractivity contribution in [3.8, 4) is 5.75 Å². The maximum Gasteiger partial charge on any atom is 0.134 e. The second kappa shape index (κ2) is 7.64. The fourth-order valence-corrected chi connectivity index (χ4v) is 4.10. The molecule has 0 N–H and O–H groups in total. The lowest BCUT2D eigenvalue weighted by molar-refractivity contribution is 0.297. The minimum absolute atomic E-state index is 0.405. The fourth-order valence-electron chi connectivity index (χ4n) is 4.10. The molecule has 148 valence electrons. The summed E-state index contributed by atoms with van der Waals surface area (Å²) in [5, 5.41) is 13.7. The molecule has 30 heavy (non-hydrogen) atoms. The summed E-state index contributed by atoms with van der Waals surface area (Å²) in [5.74, 6) is 0.923. The second-order valence-corrected chi connectivity index (χ2v) is 7.71. The van der Waals surface area contributed by atoms with Gasteiger partial charge in [0.1, 0.15) is 18.1 Å². The molecule has 0 saturated heterocycles. The number of aryl methyl sites for hydroxylation is 2. The van der Waals surface area contributed by atoms with Gasteiger partial charge in [-0.1, -0.05) is 71.9 Å². The summed E-state index contributed by atoms with van der Waals surface area (Å²) < 4.78 is 7.94. The van der Waals surface area contributed by atoms with E-state index in [4.69, 9.17) is 4.74 Å². The Bertz CT molecular complexity index is 1280. The smallest absolute Gasteiger partial charge is 0.134 e. The lowest BCUT2D eigenvalue weighted by Gasteiger charge is -2.11. The Hall–Kier alpha value is -3.66. The van der Waals surface area contributed by atoms with E-state index in [1.165, 1.54) is 27.1 Å². The third kappa shape index (κ3) is 3.41. The van der Waals surface area contributed by atoms with Crippen LogP contribution in [0.1, 0.15) is 22.4 Å². The summed E-state index contributed by atoms with van der Waals surface area (Å²) in [4.78, 5) is 0. The molecule has 0 radical (unpaired) electrons. The molecule has 0 atom stereocenters. The highest BCUT2D eigenvalue weighted by Crippen LogP contribution is 2.29. The van der Waals surface area contributed by atoms with Gasteiger partial charge in [0.2, 0.25) is 0 Å². The standard InChI is InChI=1S/C26H23N3O/c1-18-8-7-9-19(2)26(18)30-17-22-15-29(28-27-22)16-25-23-12-5-3-10-20(23)14-21-11-4-6-13-24(21)25/h3-15H,16-17H2,1-2H3. The van der Waals surface area contributed by atoms with Crippen LogP contribution in [0.15, 0.2) is 79.0 Å². The molecule has 0 aliphatic heterocycles. The Morgan fingerprint density at radius 3 is 2.10 bits per heavy atom. The minimum Gasteiger partial charge on any atom is -0.487 e. The van der Waals surface area contributed by atoms with Crippen molar-refractivity contribution in [2.45, 2.75) is 27.0 Å². The summed E-state index contributed by atoms with van der Waals surface area (Å²) >= 11 is 0. The molecule has 0 bridgehead atoms. The average Bonchev–Trinajstić information content (AvgIpc) is 3.20. The van der Waals surface area contributed by atoms with Gasteiger partial charge in [-0.2, -0.15) is 0 Å². The van der Waals surface area contributed by atoms with Crippen molar-refractivity contribution in [1.82, 2.24) is 15.0 Å². The Morgan fingerprint density at radius 2 is 1.43 bits per heavy atom. The van der Waals surface area contributed by atoms with E-state index in [1.54, 1.807) is 0 Å². The second-order valence-electron chi connectivity index (χ2n) is 7.71. The number of hydrogen-bond donors (Lipinski definition) is 0. The summed E-state index contributed by atoms with van der Waals surface area (Å²) in [6, 6.07) is 25.4. The van der Waals surface area contributed by atoms with E-state index in [0.29, 0.717) is 13.2 Å². The molecule has 4 aromatic carbocycles. The van der Waals surface area contributed by atoms with Crippen molar-refractivity contribution in [2.75, 3.05) is 0 Å². The van der Waals surface area contributed by atoms with Crippen LogP contribution in [0.4, 0.5) is 0 Å². The van der Waals surface area contributed by atoms with E-state index >= 15 is 0 Å². The van der Waals surface area contributed by atoms with Crippen LogP contribution in [0.5, 0.6) is 5.75 Å². The van der Waals surface area contributed by atoms with Crippen LogP contribution in [-0.2, 0) is 13.2 Å². The van der Waals surface area contributed by atoms with E-state index < -0.39 is 0 Å². The molecular formula is C26H23N3O. The van der Waals surface area contributed by atoms with Crippen LogP contribution < -0.4 is 4.74 Å². The highest BCUT2D eigenvalue weighted by molar-refractivity contribution is 6.02. The molecular weight excluding hydrogens is 370 g/mol. The minimum atomic E-state index is 0.405. The molecule has 4 nitrogen and oxygen atoms in total. The highest BCUT2D eigenvalue weighted by atomic mass is 16.5. The van der Waals surface area contributed by atoms with Gasteiger partial charge in [0.25, 0.3) is 0 Å². The van der Waals surface area contributed by atoms with Crippen molar-refractivity contribution in [3.05, 3.63) is 101 Å². The number of nitrogens with zero attached hydrogens (tertiary/aromatic N) is 3. The monoisotopic (exact) mass is 393 g/mol. The van der Waals surface area contributed by atoms with Crippen LogP contribution >= 0.6 is 0 Å². The zero-order valence-electron chi connectivity index (χ0n) is 17.2. The Labute approximate surface area is 175 Å². The van der Waals surface area contributed by atoms with Crippen molar-refractivity contribution in [1.29, 1.82) is 0 Å². The van der Waals surface area contributed by atoms with Crippen LogP contribution in [0.3, 0.4) is 0 Å². The van der Waals surface area contributed by atoms with Gasteiger partial charge in [-0.05, 0) is 58.1 Å². The third-order valence-corrected chi connectivity index (χ3v) is 5.56. The summed E-state index contributed by atoms with van der Waals surface area (Å²) in [7, 11) is 0. The van der Waals surface area contributed by atoms with E-state index in [1.807, 2.05) is 16.9 Å². The van der Waals surface area contributed by atoms with Crippen LogP contribution in [0.2, 0.25) is 0 Å². The molecule has 5 aromatic rings. The predicted octanol–water partition coefficient (Wildman–Crippen LogP) is 5.83. The fraction of sp³-hybridized carbons (Fsp3) is 0.154. The van der Waals surface area contributed by atoms with Crippen molar-refractivity contribution in [2.24, 2.45) is 0 Å². The topological polar surface area (TPSA) is 39.9 Å². The van der Waals surface area contributed by atoms with E-state index in [0.717, 1.165) is 22.6 Å². The van der Waals surface area contributed by atoms with Crippen LogP contribution in [0, 0.1) is 13.8 Å². The number of aromatic nitrogens is 3. The van der Waals surface area contributed by atoms with Gasteiger partial charge in [0.05, 0.1) is 12.7 Å². The molecule has 0 saturated carbocycles. The largest absolute Gasteiger partial charge is 0.487 e. The maximum absolute atomic E-state index is 6.04. The van der Waals surface area contributed by atoms with Crippen molar-refractivity contribution < 1.29 is 4.74 Å². The Balaban J connectivity index is 1.44. The van der Waals surface area contributed by atoms with Gasteiger partial charge in [0, 0.05) is 0 Å². The first-order valence-corrected chi connectivity index (χ1v) is 10.2. The van der Waals surface area contributed by atoms with Crippen molar-refractivity contribution in [3.63, 3.8) is 0 Å². The van der Waals surface area contributed by atoms with Crippen LogP contribution in [-0.4, -0.2) is 15.0 Å². The molecule has 0 aliphatic rings. The van der Waals surface area contributed by atoms with Gasteiger partial charge in [-0.25, -0.2) is 4.68 Å². The van der Waals surface area contributed by atoms with E-state index in [9.17, 15) is 0 Å². The molecule has 1 aromatic heterocycles. The van der Waals surface area contributed by atoms with Crippen molar-refractivity contribution >= 4 is 21.5 Å². The summed E-state index contributed by atoms with van der Waals surface area (Å²) in [5.41, 5.74) is 4.34. The number of hydrogen-bond acceptors (Lipinski definition) is 3. The van der Waals surface area contributed by atoms with Gasteiger partial charge in [0.15, 0.2) is 0 Å². The molecule has 4 heteroatoms. The highest BCUT2D eigenvalue weighted by Gasteiger charge is 2.11. The Kier molecular flexibility index (Phi) is 4.68. The quantitative estimate of drug-likeness (QED) is 0.353. The molecule has 1 heterocycles. The normalized spacial score (nSPS) is 11.3. The lowest BCUT2D eigenvalue weighted by atomic mass is 9.97. The molecule has 0 amide bonds. The molecule has 0 spiro atoms. The van der Waals surface area contributed by atoms with E-state index in [-0.39, 0.29) is 0 Å². The third-order valence-electron chi connectivity index (χ3n) is 5.56. The number of ether oxygens (including phenoxy) is 1. The SMILES string of the molecule is Cc1cccc(C)c1OCc1cn(Cc2c3ccccc3cc3ccccc23)nn1. The number of fused-ring (bicyclic) bond motifs is 2. The Morgan fingerprint density at radius 1 is 0.800 bits per heavy atom. The molecule has 0 aliphatic carbocycles. The number of rotatable bonds is 5. The van der Waals surface area contributed by atoms with Crippen LogP contribution in [0.25, 0.3) is 21.5 Å². The first-order chi connectivity index (χ1) is 14.7. The van der Waals surface area contributed by atoms with E-state index in [2.05, 4.69) is 90.9 Å². The van der Waals surface area contributed by atoms with Gasteiger partial charge in [-0.15, -0.1) is 5.10 Å². The summed E-state index contributed by atoms with van der Waals surface area (Å²) in [6.45, 7) is 5.19. The zero-order chi connectivity index (χ0) is 20.5. The number of para-hydroxylation sites is 1. The lowest BCUT2D eigenvalue weighted by Crippen LogP contribution is -2.02.